The van der Waals surface area contributed by atoms with E-state index in [1.165, 1.54) is 25.6 Å². The summed E-state index contributed by atoms with van der Waals surface area (Å²) >= 11 is 0. The summed E-state index contributed by atoms with van der Waals surface area (Å²) in [6.45, 7) is 0. The van der Waals surface area contributed by atoms with Crippen LogP contribution in [0.15, 0.2) is 42.7 Å². The number of nitrogens with zero attached hydrogens (tertiary/aromatic N) is 2. The highest BCUT2D eigenvalue weighted by Gasteiger charge is 2.09. The summed E-state index contributed by atoms with van der Waals surface area (Å²) in [4.78, 5) is 19.5. The van der Waals surface area contributed by atoms with Crippen molar-refractivity contribution in [3.05, 3.63) is 48.3 Å². The number of rotatable bonds is 5. The van der Waals surface area contributed by atoms with E-state index in [0.29, 0.717) is 29.6 Å². The molecule has 128 valence electrons. The number of aromatic hydroxyl groups is 2. The lowest BCUT2D eigenvalue weighted by molar-refractivity contribution is -0.140. The van der Waals surface area contributed by atoms with Crippen LogP contribution in [0.3, 0.4) is 0 Å². The second-order valence-corrected chi connectivity index (χ2v) is 5.48. The zero-order valence-corrected chi connectivity index (χ0v) is 13.6. The van der Waals surface area contributed by atoms with E-state index >= 15 is 0 Å². The van der Waals surface area contributed by atoms with Gasteiger partial charge in [0.25, 0.3) is 0 Å². The minimum Gasteiger partial charge on any atom is -0.504 e. The largest absolute Gasteiger partial charge is 0.504 e. The number of esters is 1. The van der Waals surface area contributed by atoms with Crippen molar-refractivity contribution in [2.75, 3.05) is 12.4 Å². The van der Waals surface area contributed by atoms with Crippen molar-refractivity contribution in [1.29, 1.82) is 0 Å². The summed E-state index contributed by atoms with van der Waals surface area (Å²) in [5.41, 5.74) is 2.34. The summed E-state index contributed by atoms with van der Waals surface area (Å²) in [6, 6.07) is 10.4. The van der Waals surface area contributed by atoms with E-state index in [4.69, 9.17) is 0 Å². The molecule has 0 saturated carbocycles. The van der Waals surface area contributed by atoms with Crippen molar-refractivity contribution in [2.45, 2.75) is 12.8 Å². The zero-order valence-electron chi connectivity index (χ0n) is 13.6. The number of fused-ring (bicyclic) bond motifs is 1. The van der Waals surface area contributed by atoms with Gasteiger partial charge in [0.05, 0.1) is 12.6 Å². The summed E-state index contributed by atoms with van der Waals surface area (Å²) in [6.07, 6.45) is 2.32. The number of ether oxygens (including phenoxy) is 1. The van der Waals surface area contributed by atoms with Crippen molar-refractivity contribution in [2.24, 2.45) is 0 Å². The number of carbonyl (C=O) groups is 1. The number of methoxy groups -OCH3 is 1. The van der Waals surface area contributed by atoms with E-state index < -0.39 is 0 Å². The lowest BCUT2D eigenvalue weighted by atomic mass is 10.1. The van der Waals surface area contributed by atoms with Crippen LogP contribution < -0.4 is 5.32 Å². The molecule has 0 radical (unpaired) electrons. The molecule has 25 heavy (non-hydrogen) atoms. The molecule has 1 heterocycles. The van der Waals surface area contributed by atoms with Gasteiger partial charge in [0.1, 0.15) is 12.1 Å². The molecule has 0 unspecified atom stereocenters. The molecule has 0 amide bonds. The first-order chi connectivity index (χ1) is 12.1. The van der Waals surface area contributed by atoms with Crippen LogP contribution in [-0.4, -0.2) is 33.3 Å². The molecule has 0 saturated heterocycles. The van der Waals surface area contributed by atoms with Crippen LogP contribution in [-0.2, 0) is 16.0 Å². The average Bonchev–Trinajstić information content (AvgIpc) is 2.62. The Morgan fingerprint density at radius 3 is 2.56 bits per heavy atom. The van der Waals surface area contributed by atoms with E-state index in [9.17, 15) is 15.0 Å². The second-order valence-electron chi connectivity index (χ2n) is 5.48. The maximum Gasteiger partial charge on any atom is 0.305 e. The van der Waals surface area contributed by atoms with E-state index in [0.717, 1.165) is 11.3 Å². The van der Waals surface area contributed by atoms with Gasteiger partial charge < -0.3 is 20.3 Å². The quantitative estimate of drug-likeness (QED) is 0.485. The minimum atomic E-state index is -0.238. The van der Waals surface area contributed by atoms with Crippen LogP contribution in [0.2, 0.25) is 0 Å². The highest BCUT2D eigenvalue weighted by molar-refractivity contribution is 5.92. The van der Waals surface area contributed by atoms with Gasteiger partial charge in [-0.25, -0.2) is 9.97 Å². The fourth-order valence-electron chi connectivity index (χ4n) is 2.42. The van der Waals surface area contributed by atoms with Crippen molar-refractivity contribution in [1.82, 2.24) is 9.97 Å². The standard InChI is InChI=1S/C18H17N3O4/c1-25-17(24)7-4-11-2-5-12(6-3-11)21-18-13-8-15(22)16(23)9-14(13)19-10-20-18/h2-3,5-6,8-10,22-23H,4,7H2,1H3,(H,19,20,21). The molecule has 0 aliphatic rings. The number of aromatic nitrogens is 2. The Labute approximate surface area is 143 Å². The first-order valence-electron chi connectivity index (χ1n) is 7.66. The van der Waals surface area contributed by atoms with Crippen LogP contribution in [0.5, 0.6) is 11.5 Å². The van der Waals surface area contributed by atoms with Gasteiger partial charge >= 0.3 is 5.97 Å². The van der Waals surface area contributed by atoms with Crippen molar-refractivity contribution < 1.29 is 19.7 Å². The molecule has 0 aliphatic heterocycles. The highest BCUT2D eigenvalue weighted by Crippen LogP contribution is 2.32. The zero-order chi connectivity index (χ0) is 17.8. The van der Waals surface area contributed by atoms with Crippen molar-refractivity contribution in [3.8, 4) is 11.5 Å². The number of hydrogen-bond acceptors (Lipinski definition) is 7. The Morgan fingerprint density at radius 2 is 1.84 bits per heavy atom. The number of phenolic OH excluding ortho intramolecular Hbond substituents is 2. The molecule has 7 heteroatoms. The van der Waals surface area contributed by atoms with Gasteiger partial charge in [-0.05, 0) is 30.2 Å². The van der Waals surface area contributed by atoms with E-state index in [2.05, 4.69) is 20.0 Å². The van der Waals surface area contributed by atoms with Gasteiger partial charge in [0, 0.05) is 23.6 Å². The Bertz CT molecular complexity index is 910. The fraction of sp³-hybridized carbons (Fsp3) is 0.167. The molecule has 1 aromatic heterocycles. The highest BCUT2D eigenvalue weighted by atomic mass is 16.5. The normalized spacial score (nSPS) is 10.6. The third-order valence-electron chi connectivity index (χ3n) is 3.79. The van der Waals surface area contributed by atoms with Gasteiger partial charge in [0.2, 0.25) is 0 Å². The van der Waals surface area contributed by atoms with E-state index in [-0.39, 0.29) is 17.5 Å². The van der Waals surface area contributed by atoms with Crippen molar-refractivity contribution >= 4 is 28.4 Å². The van der Waals surface area contributed by atoms with Crippen LogP contribution in [0.1, 0.15) is 12.0 Å². The summed E-state index contributed by atoms with van der Waals surface area (Å²) in [5, 5.41) is 23.0. The molecule has 0 bridgehead atoms. The maximum absolute atomic E-state index is 11.2. The summed E-state index contributed by atoms with van der Waals surface area (Å²) < 4.78 is 4.63. The molecule has 0 aliphatic carbocycles. The summed E-state index contributed by atoms with van der Waals surface area (Å²) in [7, 11) is 1.37. The van der Waals surface area contributed by atoms with E-state index in [1.54, 1.807) is 0 Å². The number of benzene rings is 2. The predicted octanol–water partition coefficient (Wildman–Crippen LogP) is 2.89. The first-order valence-corrected chi connectivity index (χ1v) is 7.66. The second kappa shape index (κ2) is 7.04. The van der Waals surface area contributed by atoms with E-state index in [1.807, 2.05) is 24.3 Å². The number of nitrogens with one attached hydrogen (secondary N) is 1. The summed E-state index contributed by atoms with van der Waals surface area (Å²) in [5.74, 6) is -0.184. The average molecular weight is 339 g/mol. The monoisotopic (exact) mass is 339 g/mol. The Morgan fingerprint density at radius 1 is 1.12 bits per heavy atom. The van der Waals surface area contributed by atoms with Gasteiger partial charge in [-0.2, -0.15) is 0 Å². The minimum absolute atomic E-state index is 0.230. The molecule has 0 spiro atoms. The van der Waals surface area contributed by atoms with Crippen molar-refractivity contribution in [3.63, 3.8) is 0 Å². The van der Waals surface area contributed by atoms with Crippen LogP contribution in [0, 0.1) is 0 Å². The fourth-order valence-corrected chi connectivity index (χ4v) is 2.42. The molecule has 3 aromatic rings. The number of aryl methyl sites for hydroxylation is 1. The molecule has 7 nitrogen and oxygen atoms in total. The number of phenols is 2. The van der Waals surface area contributed by atoms with Gasteiger partial charge in [-0.15, -0.1) is 0 Å². The Hall–Kier alpha value is -3.35. The van der Waals surface area contributed by atoms with Crippen LogP contribution in [0.4, 0.5) is 11.5 Å². The van der Waals surface area contributed by atoms with Crippen LogP contribution in [0.25, 0.3) is 10.9 Å². The number of anilines is 2. The molecule has 2 aromatic carbocycles. The van der Waals surface area contributed by atoms with Crippen LogP contribution >= 0.6 is 0 Å². The molecular weight excluding hydrogens is 322 g/mol. The third kappa shape index (κ3) is 3.77. The lowest BCUT2D eigenvalue weighted by Crippen LogP contribution is -2.02. The Balaban J connectivity index is 1.79. The number of hydrogen-bond donors (Lipinski definition) is 3. The van der Waals surface area contributed by atoms with Gasteiger partial charge in [0.15, 0.2) is 11.5 Å². The molecule has 0 fully saturated rings. The van der Waals surface area contributed by atoms with Gasteiger partial charge in [-0.1, -0.05) is 12.1 Å². The molecule has 3 rings (SSSR count). The predicted molar refractivity (Wildman–Crippen MR) is 92.9 cm³/mol. The topological polar surface area (TPSA) is 105 Å². The SMILES string of the molecule is COC(=O)CCc1ccc(Nc2ncnc3cc(O)c(O)cc23)cc1. The third-order valence-corrected chi connectivity index (χ3v) is 3.79. The smallest absolute Gasteiger partial charge is 0.305 e. The lowest BCUT2D eigenvalue weighted by Gasteiger charge is -2.10. The van der Waals surface area contributed by atoms with Gasteiger partial charge in [-0.3, -0.25) is 4.79 Å². The first kappa shape index (κ1) is 16.5. The number of carbonyl (C=O) groups excluding carboxylic acids is 1. The molecule has 3 N–H and O–H groups in total. The molecule has 0 atom stereocenters. The maximum atomic E-state index is 11.2. The molecular formula is C18H17N3O4. The Kier molecular flexibility index (Phi) is 4.65.